The van der Waals surface area contributed by atoms with Crippen LogP contribution in [0.1, 0.15) is 25.0 Å². The van der Waals surface area contributed by atoms with E-state index in [2.05, 4.69) is 55.1 Å². The molecule has 2 nitrogen and oxygen atoms in total. The molecule has 104 valence electrons. The van der Waals surface area contributed by atoms with Gasteiger partial charge in [-0.25, -0.2) is 0 Å². The van der Waals surface area contributed by atoms with Gasteiger partial charge in [0.2, 0.25) is 0 Å². The predicted octanol–water partition coefficient (Wildman–Crippen LogP) is 4.11. The van der Waals surface area contributed by atoms with Crippen molar-refractivity contribution in [2.24, 2.45) is 0 Å². The van der Waals surface area contributed by atoms with Crippen LogP contribution in [0.5, 0.6) is 5.75 Å². The average Bonchev–Trinajstić information content (AvgIpc) is 2.85. The van der Waals surface area contributed by atoms with Crippen molar-refractivity contribution in [3.63, 3.8) is 0 Å². The second-order valence-corrected chi connectivity index (χ2v) is 5.21. The molecule has 0 atom stereocenters. The summed E-state index contributed by atoms with van der Waals surface area (Å²) in [7, 11) is 1.73. The lowest BCUT2D eigenvalue weighted by atomic mass is 10.0. The van der Waals surface area contributed by atoms with E-state index in [0.717, 1.165) is 25.3 Å². The Bertz CT molecular complexity index is 629. The van der Waals surface area contributed by atoms with Crippen LogP contribution in [0.3, 0.4) is 0 Å². The van der Waals surface area contributed by atoms with E-state index in [0.29, 0.717) is 0 Å². The zero-order chi connectivity index (χ0) is 14.1. The molecule has 2 heteroatoms. The molecule has 2 aromatic carbocycles. The molecule has 0 aromatic heterocycles. The number of rotatable bonds is 4. The van der Waals surface area contributed by atoms with Crippen LogP contribution in [-0.4, -0.2) is 20.2 Å². The van der Waals surface area contributed by atoms with Crippen LogP contribution in [0.15, 0.2) is 36.4 Å². The fraction of sp³-hybridized carbons (Fsp3) is 0.333. The van der Waals surface area contributed by atoms with Crippen molar-refractivity contribution in [1.82, 2.24) is 0 Å². The van der Waals surface area contributed by atoms with Gasteiger partial charge in [-0.05, 0) is 66.8 Å². The molecule has 1 aliphatic rings. The zero-order valence-corrected chi connectivity index (χ0v) is 12.4. The Balaban J connectivity index is 2.07. The van der Waals surface area contributed by atoms with E-state index in [-0.39, 0.29) is 0 Å². The number of anilines is 1. The molecule has 0 saturated heterocycles. The second kappa shape index (κ2) is 5.20. The van der Waals surface area contributed by atoms with Gasteiger partial charge >= 0.3 is 0 Å². The highest BCUT2D eigenvalue weighted by molar-refractivity contribution is 5.80. The highest BCUT2D eigenvalue weighted by atomic mass is 16.5. The molecule has 0 saturated carbocycles. The smallest absolute Gasteiger partial charge is 0.119 e. The van der Waals surface area contributed by atoms with Crippen LogP contribution in [0.4, 0.5) is 5.69 Å². The van der Waals surface area contributed by atoms with E-state index in [1.807, 2.05) is 0 Å². The highest BCUT2D eigenvalue weighted by Gasteiger charge is 2.20. The Hall–Kier alpha value is -1.96. The van der Waals surface area contributed by atoms with Crippen LogP contribution in [0, 0.1) is 0 Å². The first-order valence-corrected chi connectivity index (χ1v) is 7.32. The van der Waals surface area contributed by atoms with Crippen molar-refractivity contribution in [3.8, 4) is 16.9 Å². The van der Waals surface area contributed by atoms with Gasteiger partial charge in [-0.15, -0.1) is 0 Å². The van der Waals surface area contributed by atoms with Crippen molar-refractivity contribution in [2.75, 3.05) is 25.1 Å². The molecule has 0 N–H and O–H groups in total. The SMILES string of the molecule is CCN(CC)c1ccc2c(c1)-c1cc(OC)ccc1C2. The molecule has 0 radical (unpaired) electrons. The number of hydrogen-bond acceptors (Lipinski definition) is 2. The Morgan fingerprint density at radius 2 is 1.60 bits per heavy atom. The third-order valence-electron chi connectivity index (χ3n) is 4.21. The molecular weight excluding hydrogens is 246 g/mol. The van der Waals surface area contributed by atoms with Crippen molar-refractivity contribution < 1.29 is 4.74 Å². The first-order valence-electron chi connectivity index (χ1n) is 7.32. The fourth-order valence-electron chi connectivity index (χ4n) is 3.05. The molecule has 0 heterocycles. The van der Waals surface area contributed by atoms with E-state index in [1.54, 1.807) is 7.11 Å². The van der Waals surface area contributed by atoms with Gasteiger partial charge in [0, 0.05) is 18.8 Å². The van der Waals surface area contributed by atoms with Gasteiger partial charge in [0.25, 0.3) is 0 Å². The van der Waals surface area contributed by atoms with Crippen LogP contribution >= 0.6 is 0 Å². The molecule has 3 rings (SSSR count). The van der Waals surface area contributed by atoms with Gasteiger partial charge in [-0.2, -0.15) is 0 Å². The number of methoxy groups -OCH3 is 1. The Kier molecular flexibility index (Phi) is 3.39. The zero-order valence-electron chi connectivity index (χ0n) is 12.4. The summed E-state index contributed by atoms with van der Waals surface area (Å²) in [6.45, 7) is 6.49. The molecular formula is C18H21NO. The van der Waals surface area contributed by atoms with E-state index in [9.17, 15) is 0 Å². The molecule has 2 aromatic rings. The van der Waals surface area contributed by atoms with E-state index >= 15 is 0 Å². The molecule has 0 unspecified atom stereocenters. The largest absolute Gasteiger partial charge is 0.497 e. The number of fused-ring (bicyclic) bond motifs is 3. The maximum absolute atomic E-state index is 5.36. The number of ether oxygens (including phenoxy) is 1. The third-order valence-corrected chi connectivity index (χ3v) is 4.21. The predicted molar refractivity (Wildman–Crippen MR) is 84.8 cm³/mol. The summed E-state index contributed by atoms with van der Waals surface area (Å²) < 4.78 is 5.36. The van der Waals surface area contributed by atoms with Crippen molar-refractivity contribution >= 4 is 5.69 Å². The van der Waals surface area contributed by atoms with E-state index < -0.39 is 0 Å². The summed E-state index contributed by atoms with van der Waals surface area (Å²) in [5.41, 5.74) is 6.82. The topological polar surface area (TPSA) is 12.5 Å². The summed E-state index contributed by atoms with van der Waals surface area (Å²) in [6, 6.07) is 13.2. The normalized spacial score (nSPS) is 11.9. The molecule has 0 spiro atoms. The average molecular weight is 267 g/mol. The maximum atomic E-state index is 5.36. The number of hydrogen-bond donors (Lipinski definition) is 0. The summed E-state index contributed by atoms with van der Waals surface area (Å²) in [5.74, 6) is 0.935. The summed E-state index contributed by atoms with van der Waals surface area (Å²) >= 11 is 0. The number of nitrogens with zero attached hydrogens (tertiary/aromatic N) is 1. The van der Waals surface area contributed by atoms with E-state index in [1.165, 1.54) is 27.9 Å². The minimum absolute atomic E-state index is 0.935. The van der Waals surface area contributed by atoms with Gasteiger partial charge in [0.05, 0.1) is 7.11 Å². The highest BCUT2D eigenvalue weighted by Crippen LogP contribution is 2.40. The van der Waals surface area contributed by atoms with Crippen LogP contribution in [0.2, 0.25) is 0 Å². The van der Waals surface area contributed by atoms with Crippen molar-refractivity contribution in [1.29, 1.82) is 0 Å². The van der Waals surface area contributed by atoms with Crippen LogP contribution in [-0.2, 0) is 6.42 Å². The monoisotopic (exact) mass is 267 g/mol. The first kappa shape index (κ1) is 13.0. The standard InChI is InChI=1S/C18H21NO/c1-4-19(5-2)15-8-6-13-10-14-7-9-16(20-3)12-18(14)17(13)11-15/h6-9,11-12H,4-5,10H2,1-3H3. The number of benzene rings is 2. The second-order valence-electron chi connectivity index (χ2n) is 5.21. The maximum Gasteiger partial charge on any atom is 0.119 e. The summed E-state index contributed by atoms with van der Waals surface area (Å²) in [4.78, 5) is 2.39. The van der Waals surface area contributed by atoms with Crippen molar-refractivity contribution in [3.05, 3.63) is 47.5 Å². The molecule has 1 aliphatic carbocycles. The van der Waals surface area contributed by atoms with Crippen LogP contribution in [0.25, 0.3) is 11.1 Å². The lowest BCUT2D eigenvalue weighted by molar-refractivity contribution is 0.415. The lowest BCUT2D eigenvalue weighted by Crippen LogP contribution is -2.21. The summed E-state index contributed by atoms with van der Waals surface area (Å²) in [5, 5.41) is 0. The quantitative estimate of drug-likeness (QED) is 0.705. The van der Waals surface area contributed by atoms with Gasteiger partial charge in [-0.3, -0.25) is 0 Å². The first-order chi connectivity index (χ1) is 9.76. The van der Waals surface area contributed by atoms with E-state index in [4.69, 9.17) is 4.74 Å². The fourth-order valence-corrected chi connectivity index (χ4v) is 3.05. The molecule has 0 aliphatic heterocycles. The summed E-state index contributed by atoms with van der Waals surface area (Å²) in [6.07, 6.45) is 1.03. The van der Waals surface area contributed by atoms with Crippen molar-refractivity contribution in [2.45, 2.75) is 20.3 Å². The molecule has 0 bridgehead atoms. The minimum atomic E-state index is 0.935. The lowest BCUT2D eigenvalue weighted by Gasteiger charge is -2.21. The van der Waals surface area contributed by atoms with Gasteiger partial charge in [0.1, 0.15) is 5.75 Å². The molecule has 0 amide bonds. The third kappa shape index (κ3) is 2.05. The molecule has 20 heavy (non-hydrogen) atoms. The molecule has 0 fully saturated rings. The Morgan fingerprint density at radius 1 is 0.950 bits per heavy atom. The van der Waals surface area contributed by atoms with Gasteiger partial charge < -0.3 is 9.64 Å². The van der Waals surface area contributed by atoms with Crippen LogP contribution < -0.4 is 9.64 Å². The Morgan fingerprint density at radius 3 is 2.25 bits per heavy atom. The Labute approximate surface area is 121 Å². The minimum Gasteiger partial charge on any atom is -0.497 e. The van der Waals surface area contributed by atoms with Gasteiger partial charge in [-0.1, -0.05) is 12.1 Å². The van der Waals surface area contributed by atoms with Gasteiger partial charge in [0.15, 0.2) is 0 Å².